The minimum Gasteiger partial charge on any atom is -0.290 e. The van der Waals surface area contributed by atoms with Crippen molar-refractivity contribution in [3.05, 3.63) is 0 Å². The van der Waals surface area contributed by atoms with E-state index in [0.29, 0.717) is 19.6 Å². The van der Waals surface area contributed by atoms with Gasteiger partial charge in [-0.3, -0.25) is 4.90 Å². The molecule has 1 rings (SSSR count). The Morgan fingerprint density at radius 1 is 1.33 bits per heavy atom. The van der Waals surface area contributed by atoms with Gasteiger partial charge in [-0.2, -0.15) is 0 Å². The highest BCUT2D eigenvalue weighted by Crippen LogP contribution is 2.02. The van der Waals surface area contributed by atoms with E-state index in [1.807, 2.05) is 4.90 Å². The zero-order chi connectivity index (χ0) is 9.03. The first-order valence-corrected chi connectivity index (χ1v) is 5.85. The molecule has 0 aromatic carbocycles. The van der Waals surface area contributed by atoms with Gasteiger partial charge in [0.2, 0.25) is 0 Å². The molecule has 5 heteroatoms. The molecule has 1 fully saturated rings. The van der Waals surface area contributed by atoms with Crippen molar-refractivity contribution in [2.24, 2.45) is 0 Å². The van der Waals surface area contributed by atoms with Gasteiger partial charge in [0.1, 0.15) is 0 Å². The lowest BCUT2D eigenvalue weighted by molar-refractivity contribution is 0.332. The Balaban J connectivity index is 2.39. The molecule has 12 heavy (non-hydrogen) atoms. The molecule has 0 atom stereocenters. The summed E-state index contributed by atoms with van der Waals surface area (Å²) < 4.78 is 22.0. The number of nitrogens with zero attached hydrogens (tertiary/aromatic N) is 1. The van der Waals surface area contributed by atoms with Gasteiger partial charge in [0.15, 0.2) is 9.84 Å². The summed E-state index contributed by atoms with van der Waals surface area (Å²) >= 11 is 5.17. The third-order valence-electron chi connectivity index (χ3n) is 1.81. The highest BCUT2D eigenvalue weighted by Gasteiger charge is 2.20. The second-order valence-electron chi connectivity index (χ2n) is 2.70. The summed E-state index contributed by atoms with van der Waals surface area (Å²) in [6.07, 6.45) is 0. The number of halogens is 1. The average Bonchev–Trinajstić information content (AvgIpc) is 2.03. The van der Waals surface area contributed by atoms with Crippen molar-refractivity contribution >= 4 is 21.4 Å². The standard InChI is InChI=1S/C7H10ClNO2S/c8-2-1-3-9-4-6-12(10,11)7-5-9/h3-7H2. The van der Waals surface area contributed by atoms with Crippen LogP contribution < -0.4 is 0 Å². The maximum Gasteiger partial charge on any atom is 0.152 e. The lowest BCUT2D eigenvalue weighted by Gasteiger charge is -2.23. The Bertz CT molecular complexity index is 287. The fraction of sp³-hybridized carbons (Fsp3) is 0.714. The smallest absolute Gasteiger partial charge is 0.152 e. The molecular formula is C7H10ClNO2S. The Hall–Kier alpha value is -0.240. The predicted octanol–water partition coefficient (Wildman–Crippen LogP) is -0.0835. The first-order valence-electron chi connectivity index (χ1n) is 3.65. The largest absolute Gasteiger partial charge is 0.290 e. The summed E-state index contributed by atoms with van der Waals surface area (Å²) in [6, 6.07) is 0. The van der Waals surface area contributed by atoms with Crippen LogP contribution in [0.2, 0.25) is 0 Å². The van der Waals surface area contributed by atoms with E-state index in [1.165, 1.54) is 0 Å². The fourth-order valence-electron chi connectivity index (χ4n) is 1.05. The average molecular weight is 208 g/mol. The van der Waals surface area contributed by atoms with Gasteiger partial charge in [0, 0.05) is 18.5 Å². The van der Waals surface area contributed by atoms with Gasteiger partial charge >= 0.3 is 0 Å². The van der Waals surface area contributed by atoms with Crippen LogP contribution in [0.5, 0.6) is 0 Å². The van der Waals surface area contributed by atoms with Gasteiger partial charge in [-0.05, 0) is 11.6 Å². The van der Waals surface area contributed by atoms with Crippen LogP contribution in [0.1, 0.15) is 0 Å². The second-order valence-corrected chi connectivity index (χ2v) is 5.19. The topological polar surface area (TPSA) is 37.4 Å². The van der Waals surface area contributed by atoms with Crippen LogP contribution in [0.15, 0.2) is 0 Å². The molecule has 0 spiro atoms. The SMILES string of the molecule is O=S1(=O)CCN(CC#CCl)CC1. The molecule has 0 unspecified atom stereocenters. The molecule has 0 aromatic rings. The molecule has 1 aliphatic rings. The van der Waals surface area contributed by atoms with Crippen molar-refractivity contribution in [3.63, 3.8) is 0 Å². The van der Waals surface area contributed by atoms with Gasteiger partial charge in [0.25, 0.3) is 0 Å². The number of hydrogen-bond acceptors (Lipinski definition) is 3. The highest BCUT2D eigenvalue weighted by molar-refractivity contribution is 7.91. The lowest BCUT2D eigenvalue weighted by atomic mass is 10.5. The van der Waals surface area contributed by atoms with Crippen molar-refractivity contribution in [2.45, 2.75) is 0 Å². The molecular weight excluding hydrogens is 198 g/mol. The first kappa shape index (κ1) is 9.85. The third-order valence-corrected chi connectivity index (χ3v) is 3.55. The van der Waals surface area contributed by atoms with Crippen molar-refractivity contribution in [3.8, 4) is 11.3 Å². The minimum absolute atomic E-state index is 0.247. The van der Waals surface area contributed by atoms with Gasteiger partial charge in [-0.1, -0.05) is 5.92 Å². The molecule has 1 aliphatic heterocycles. The van der Waals surface area contributed by atoms with Gasteiger partial charge < -0.3 is 0 Å². The molecule has 1 saturated heterocycles. The van der Waals surface area contributed by atoms with E-state index in [-0.39, 0.29) is 11.5 Å². The predicted molar refractivity (Wildman–Crippen MR) is 48.7 cm³/mol. The van der Waals surface area contributed by atoms with E-state index in [0.717, 1.165) is 0 Å². The van der Waals surface area contributed by atoms with Crippen LogP contribution in [0.3, 0.4) is 0 Å². The number of rotatable bonds is 1. The van der Waals surface area contributed by atoms with Gasteiger partial charge in [0.05, 0.1) is 18.1 Å². The van der Waals surface area contributed by atoms with Gasteiger partial charge in [-0.25, -0.2) is 8.42 Å². The summed E-state index contributed by atoms with van der Waals surface area (Å²) in [4.78, 5) is 1.98. The van der Waals surface area contributed by atoms with Gasteiger partial charge in [-0.15, -0.1) is 0 Å². The lowest BCUT2D eigenvalue weighted by Crippen LogP contribution is -2.40. The van der Waals surface area contributed by atoms with E-state index in [9.17, 15) is 8.42 Å². The molecule has 0 aromatic heterocycles. The number of hydrogen-bond donors (Lipinski definition) is 0. The maximum absolute atomic E-state index is 11.0. The normalized spacial score (nSPS) is 22.8. The molecule has 1 heterocycles. The first-order chi connectivity index (χ1) is 5.64. The zero-order valence-electron chi connectivity index (χ0n) is 6.59. The molecule has 0 radical (unpaired) electrons. The van der Waals surface area contributed by atoms with E-state index < -0.39 is 9.84 Å². The van der Waals surface area contributed by atoms with E-state index in [4.69, 9.17) is 11.6 Å². The molecule has 0 amide bonds. The van der Waals surface area contributed by atoms with Crippen molar-refractivity contribution in [2.75, 3.05) is 31.1 Å². The molecule has 3 nitrogen and oxygen atoms in total. The van der Waals surface area contributed by atoms with Crippen LogP contribution in [0, 0.1) is 11.3 Å². The summed E-state index contributed by atoms with van der Waals surface area (Å²) in [6.45, 7) is 1.72. The highest BCUT2D eigenvalue weighted by atomic mass is 35.5. The van der Waals surface area contributed by atoms with Crippen molar-refractivity contribution < 1.29 is 8.42 Å². The summed E-state index contributed by atoms with van der Waals surface area (Å²) in [7, 11) is -2.76. The summed E-state index contributed by atoms with van der Waals surface area (Å²) in [5, 5.41) is 2.27. The number of sulfone groups is 1. The van der Waals surface area contributed by atoms with E-state index in [2.05, 4.69) is 11.3 Å². The Kier molecular flexibility index (Phi) is 3.39. The second kappa shape index (κ2) is 4.13. The Labute approximate surface area is 77.6 Å². The Morgan fingerprint density at radius 3 is 2.42 bits per heavy atom. The molecule has 0 bridgehead atoms. The summed E-state index contributed by atoms with van der Waals surface area (Å²) in [5.41, 5.74) is 0. The van der Waals surface area contributed by atoms with Crippen molar-refractivity contribution in [1.29, 1.82) is 0 Å². The maximum atomic E-state index is 11.0. The van der Waals surface area contributed by atoms with Crippen LogP contribution in [0.4, 0.5) is 0 Å². The monoisotopic (exact) mass is 207 g/mol. The van der Waals surface area contributed by atoms with Crippen LogP contribution >= 0.6 is 11.6 Å². The van der Waals surface area contributed by atoms with Crippen LogP contribution in [-0.4, -0.2) is 44.5 Å². The van der Waals surface area contributed by atoms with E-state index >= 15 is 0 Å². The zero-order valence-corrected chi connectivity index (χ0v) is 8.16. The summed E-state index contributed by atoms with van der Waals surface area (Å²) in [5.74, 6) is 3.19. The van der Waals surface area contributed by atoms with Crippen molar-refractivity contribution in [1.82, 2.24) is 4.90 Å². The molecule has 0 aliphatic carbocycles. The van der Waals surface area contributed by atoms with Crippen LogP contribution in [-0.2, 0) is 9.84 Å². The molecule has 0 N–H and O–H groups in total. The fourth-order valence-corrected chi connectivity index (χ4v) is 2.39. The Morgan fingerprint density at radius 2 is 1.92 bits per heavy atom. The van der Waals surface area contributed by atoms with Crippen LogP contribution in [0.25, 0.3) is 0 Å². The quantitative estimate of drug-likeness (QED) is 0.565. The third kappa shape index (κ3) is 3.02. The van der Waals surface area contributed by atoms with E-state index in [1.54, 1.807) is 0 Å². The molecule has 68 valence electrons. The molecule has 0 saturated carbocycles. The minimum atomic E-state index is -2.76.